The number of hydrogen-bond donors (Lipinski definition) is 1. The first kappa shape index (κ1) is 23.3. The van der Waals surface area contributed by atoms with Crippen LogP contribution in [0.25, 0.3) is 10.8 Å². The largest absolute Gasteiger partial charge is 0.489 e. The van der Waals surface area contributed by atoms with Crippen molar-refractivity contribution in [3.63, 3.8) is 0 Å². The Morgan fingerprint density at radius 3 is 2.77 bits per heavy atom. The molecule has 2 aliphatic heterocycles. The van der Waals surface area contributed by atoms with Crippen molar-refractivity contribution >= 4 is 28.3 Å². The third-order valence-corrected chi connectivity index (χ3v) is 6.75. The zero-order valence-electron chi connectivity index (χ0n) is 19.5. The zero-order valence-corrected chi connectivity index (χ0v) is 19.5. The number of rotatable bonds is 6. The number of fused-ring (bicyclic) bond motifs is 1. The zero-order chi connectivity index (χ0) is 24.2. The molecule has 2 heterocycles. The van der Waals surface area contributed by atoms with Gasteiger partial charge in [-0.3, -0.25) is 9.59 Å². The number of carbonyl (C=O) groups is 2. The summed E-state index contributed by atoms with van der Waals surface area (Å²) in [5.41, 5.74) is 0.935. The number of ether oxygens (including phenoxy) is 2. The molecule has 0 aromatic heterocycles. The Labute approximate surface area is 204 Å². The average molecular weight is 477 g/mol. The molecule has 3 aromatic rings. The van der Waals surface area contributed by atoms with Gasteiger partial charge in [0, 0.05) is 31.3 Å². The number of benzene rings is 3. The lowest BCUT2D eigenvalue weighted by molar-refractivity contribution is -0.121. The van der Waals surface area contributed by atoms with Crippen molar-refractivity contribution < 1.29 is 23.5 Å². The molecule has 2 fully saturated rings. The summed E-state index contributed by atoms with van der Waals surface area (Å²) in [6.45, 7) is 1.98. The van der Waals surface area contributed by atoms with Crippen LogP contribution < -0.4 is 10.1 Å². The number of anilines is 1. The van der Waals surface area contributed by atoms with E-state index in [0.717, 1.165) is 36.6 Å². The fraction of sp³-hybridized carbons (Fsp3) is 0.357. The SMILES string of the molecule is O=C(Nc1cc(F)ccc1OCC1CCCO1)C1CCCN(C(=O)c2cccc3ccccc23)C1. The molecule has 1 N–H and O–H groups in total. The van der Waals surface area contributed by atoms with Gasteiger partial charge < -0.3 is 19.7 Å². The van der Waals surface area contributed by atoms with Gasteiger partial charge >= 0.3 is 0 Å². The second-order valence-corrected chi connectivity index (χ2v) is 9.19. The van der Waals surface area contributed by atoms with Crippen LogP contribution in [0.4, 0.5) is 10.1 Å². The van der Waals surface area contributed by atoms with Crippen LogP contribution in [0.5, 0.6) is 5.75 Å². The van der Waals surface area contributed by atoms with Crippen molar-refractivity contribution in [1.29, 1.82) is 0 Å². The minimum absolute atomic E-state index is 0.00980. The van der Waals surface area contributed by atoms with Gasteiger partial charge in [0.2, 0.25) is 5.91 Å². The highest BCUT2D eigenvalue weighted by molar-refractivity contribution is 6.07. The Morgan fingerprint density at radius 2 is 1.91 bits per heavy atom. The van der Waals surface area contributed by atoms with Gasteiger partial charge in [-0.2, -0.15) is 0 Å². The van der Waals surface area contributed by atoms with Gasteiger partial charge in [-0.1, -0.05) is 36.4 Å². The van der Waals surface area contributed by atoms with E-state index in [0.29, 0.717) is 43.1 Å². The van der Waals surface area contributed by atoms with Crippen molar-refractivity contribution in [2.45, 2.75) is 31.8 Å². The van der Waals surface area contributed by atoms with Gasteiger partial charge in [0.25, 0.3) is 5.91 Å². The maximum atomic E-state index is 14.0. The van der Waals surface area contributed by atoms with Crippen LogP contribution in [-0.2, 0) is 9.53 Å². The standard InChI is InChI=1S/C28H29FN2O4/c29-21-12-13-26(35-18-22-9-5-15-34-22)25(16-21)30-27(32)20-8-4-14-31(17-20)28(33)24-11-3-7-19-6-1-2-10-23(19)24/h1-3,6-7,10-13,16,20,22H,4-5,8-9,14-15,17-18H2,(H,30,32). The van der Waals surface area contributed by atoms with Crippen molar-refractivity contribution in [3.05, 3.63) is 72.0 Å². The molecule has 7 heteroatoms. The van der Waals surface area contributed by atoms with Gasteiger partial charge in [0.15, 0.2) is 0 Å². The van der Waals surface area contributed by atoms with E-state index >= 15 is 0 Å². The number of piperidine rings is 1. The van der Waals surface area contributed by atoms with Crippen molar-refractivity contribution in [2.24, 2.45) is 5.92 Å². The molecule has 3 aromatic carbocycles. The molecule has 0 aliphatic carbocycles. The van der Waals surface area contributed by atoms with Gasteiger partial charge in [-0.15, -0.1) is 0 Å². The highest BCUT2D eigenvalue weighted by atomic mass is 19.1. The Kier molecular flexibility index (Phi) is 6.95. The number of carbonyl (C=O) groups excluding carboxylic acids is 2. The van der Waals surface area contributed by atoms with E-state index in [4.69, 9.17) is 9.47 Å². The van der Waals surface area contributed by atoms with E-state index in [1.807, 2.05) is 42.5 Å². The Morgan fingerprint density at radius 1 is 1.06 bits per heavy atom. The lowest BCUT2D eigenvalue weighted by Crippen LogP contribution is -2.43. The van der Waals surface area contributed by atoms with Crippen molar-refractivity contribution in [2.75, 3.05) is 31.6 Å². The van der Waals surface area contributed by atoms with E-state index in [1.54, 1.807) is 4.90 Å². The van der Waals surface area contributed by atoms with Crippen LogP contribution in [0.2, 0.25) is 0 Å². The monoisotopic (exact) mass is 476 g/mol. The van der Waals surface area contributed by atoms with Crippen LogP contribution in [0, 0.1) is 11.7 Å². The van der Waals surface area contributed by atoms with E-state index in [-0.39, 0.29) is 17.9 Å². The molecule has 2 amide bonds. The smallest absolute Gasteiger partial charge is 0.254 e. The molecule has 35 heavy (non-hydrogen) atoms. The molecule has 0 saturated carbocycles. The summed E-state index contributed by atoms with van der Waals surface area (Å²) in [4.78, 5) is 28.3. The molecule has 2 saturated heterocycles. The lowest BCUT2D eigenvalue weighted by atomic mass is 9.95. The molecule has 2 atom stereocenters. The number of nitrogens with zero attached hydrogens (tertiary/aromatic N) is 1. The molecular formula is C28H29FN2O4. The van der Waals surface area contributed by atoms with Gasteiger partial charge in [0.05, 0.1) is 17.7 Å². The minimum atomic E-state index is -0.457. The Bertz CT molecular complexity index is 1220. The highest BCUT2D eigenvalue weighted by Crippen LogP contribution is 2.29. The van der Waals surface area contributed by atoms with Gasteiger partial charge in [-0.05, 0) is 54.7 Å². The lowest BCUT2D eigenvalue weighted by Gasteiger charge is -2.32. The summed E-state index contributed by atoms with van der Waals surface area (Å²) in [5, 5.41) is 4.75. The topological polar surface area (TPSA) is 67.9 Å². The third-order valence-electron chi connectivity index (χ3n) is 6.75. The van der Waals surface area contributed by atoms with Crippen LogP contribution in [-0.4, -0.2) is 49.1 Å². The fourth-order valence-corrected chi connectivity index (χ4v) is 4.88. The average Bonchev–Trinajstić information content (AvgIpc) is 3.41. The summed E-state index contributed by atoms with van der Waals surface area (Å²) >= 11 is 0. The molecule has 0 spiro atoms. The molecule has 5 rings (SSSR count). The van der Waals surface area contributed by atoms with Crippen LogP contribution in [0.3, 0.4) is 0 Å². The van der Waals surface area contributed by atoms with Crippen LogP contribution >= 0.6 is 0 Å². The maximum Gasteiger partial charge on any atom is 0.254 e. The Hall–Kier alpha value is -3.45. The van der Waals surface area contributed by atoms with Gasteiger partial charge in [0.1, 0.15) is 18.2 Å². The number of amides is 2. The first-order valence-corrected chi connectivity index (χ1v) is 12.2. The first-order valence-electron chi connectivity index (χ1n) is 12.2. The maximum absolute atomic E-state index is 14.0. The quantitative estimate of drug-likeness (QED) is 0.542. The molecule has 2 aliphatic rings. The molecular weight excluding hydrogens is 447 g/mol. The number of halogens is 1. The summed E-state index contributed by atoms with van der Waals surface area (Å²) in [6, 6.07) is 17.6. The van der Waals surface area contributed by atoms with Crippen molar-refractivity contribution in [3.8, 4) is 5.75 Å². The summed E-state index contributed by atoms with van der Waals surface area (Å²) in [5.74, 6) is -0.758. The molecule has 0 bridgehead atoms. The van der Waals surface area contributed by atoms with E-state index in [1.165, 1.54) is 18.2 Å². The predicted molar refractivity (Wildman–Crippen MR) is 132 cm³/mol. The van der Waals surface area contributed by atoms with E-state index in [9.17, 15) is 14.0 Å². The summed E-state index contributed by atoms with van der Waals surface area (Å²) < 4.78 is 25.4. The first-order chi connectivity index (χ1) is 17.1. The van der Waals surface area contributed by atoms with E-state index in [2.05, 4.69) is 5.32 Å². The second kappa shape index (κ2) is 10.4. The fourth-order valence-electron chi connectivity index (χ4n) is 4.88. The van der Waals surface area contributed by atoms with Crippen LogP contribution in [0.1, 0.15) is 36.0 Å². The van der Waals surface area contributed by atoms with Crippen molar-refractivity contribution in [1.82, 2.24) is 4.90 Å². The summed E-state index contributed by atoms with van der Waals surface area (Å²) in [7, 11) is 0. The Balaban J connectivity index is 1.27. The van der Waals surface area contributed by atoms with Gasteiger partial charge in [-0.25, -0.2) is 4.39 Å². The predicted octanol–water partition coefficient (Wildman–Crippen LogP) is 5.03. The normalized spacial score (nSPS) is 20.1. The number of nitrogens with one attached hydrogen (secondary N) is 1. The van der Waals surface area contributed by atoms with Crippen LogP contribution in [0.15, 0.2) is 60.7 Å². The molecule has 182 valence electrons. The summed E-state index contributed by atoms with van der Waals surface area (Å²) in [6.07, 6.45) is 3.31. The molecule has 2 unspecified atom stereocenters. The number of hydrogen-bond acceptors (Lipinski definition) is 4. The third kappa shape index (κ3) is 5.30. The second-order valence-electron chi connectivity index (χ2n) is 9.19. The molecule has 0 radical (unpaired) electrons. The minimum Gasteiger partial charge on any atom is -0.489 e. The van der Waals surface area contributed by atoms with E-state index < -0.39 is 11.7 Å². The molecule has 6 nitrogen and oxygen atoms in total. The number of likely N-dealkylation sites (tertiary alicyclic amines) is 1. The highest BCUT2D eigenvalue weighted by Gasteiger charge is 2.30.